The molecule has 1 saturated heterocycles. The summed E-state index contributed by atoms with van der Waals surface area (Å²) in [6.45, 7) is 2.52. The molecule has 7 heteroatoms. The molecule has 1 amide bonds. The van der Waals surface area contributed by atoms with Gasteiger partial charge in [0.25, 0.3) is 5.91 Å². The number of hydrogen-bond donors (Lipinski definition) is 2. The van der Waals surface area contributed by atoms with Crippen molar-refractivity contribution >= 4 is 17.4 Å². The van der Waals surface area contributed by atoms with Crippen LogP contribution in [0.3, 0.4) is 0 Å². The van der Waals surface area contributed by atoms with Gasteiger partial charge in [-0.05, 0) is 24.9 Å². The summed E-state index contributed by atoms with van der Waals surface area (Å²) in [7, 11) is 0. The first kappa shape index (κ1) is 11.1. The van der Waals surface area contributed by atoms with Gasteiger partial charge in [-0.2, -0.15) is 0 Å². The summed E-state index contributed by atoms with van der Waals surface area (Å²) in [4.78, 5) is 12.5. The Bertz CT molecular complexity index is 449. The Balaban J connectivity index is 1.68. The van der Waals surface area contributed by atoms with Crippen molar-refractivity contribution in [1.29, 1.82) is 0 Å². The molecule has 1 aliphatic heterocycles. The summed E-state index contributed by atoms with van der Waals surface area (Å²) in [5, 5.41) is 6.74. The number of nitrogens with zero attached hydrogens (tertiary/aromatic N) is 2. The highest BCUT2D eigenvalue weighted by Crippen LogP contribution is 2.37. The maximum Gasteiger partial charge on any atom is 0.265 e. The zero-order valence-corrected chi connectivity index (χ0v) is 10.2. The molecular formula is C10H14N4O2S. The lowest BCUT2D eigenvalue weighted by Crippen LogP contribution is -2.68. The smallest absolute Gasteiger partial charge is 0.265 e. The van der Waals surface area contributed by atoms with Crippen LogP contribution in [-0.2, 0) is 4.74 Å². The van der Waals surface area contributed by atoms with E-state index >= 15 is 0 Å². The topological polar surface area (TPSA) is 90.1 Å². The number of ether oxygens (including phenoxy) is 1. The predicted octanol–water partition coefficient (Wildman–Crippen LogP) is -0.309. The second-order valence-electron chi connectivity index (χ2n) is 4.55. The Morgan fingerprint density at radius 2 is 2.47 bits per heavy atom. The Morgan fingerprint density at radius 3 is 3.18 bits per heavy atom. The van der Waals surface area contributed by atoms with E-state index in [-0.39, 0.29) is 24.1 Å². The Morgan fingerprint density at radius 1 is 1.65 bits per heavy atom. The molecule has 4 unspecified atom stereocenters. The minimum Gasteiger partial charge on any atom is -0.376 e. The number of fused-ring (bicyclic) bond motifs is 1. The molecule has 1 saturated carbocycles. The van der Waals surface area contributed by atoms with Gasteiger partial charge in [0.2, 0.25) is 0 Å². The lowest BCUT2D eigenvalue weighted by molar-refractivity contribution is -0.0160. The molecule has 0 spiro atoms. The van der Waals surface area contributed by atoms with E-state index in [0.29, 0.717) is 16.5 Å². The quantitative estimate of drug-likeness (QED) is 0.755. The fourth-order valence-electron chi connectivity index (χ4n) is 2.58. The first-order valence-electron chi connectivity index (χ1n) is 5.65. The summed E-state index contributed by atoms with van der Waals surface area (Å²) in [6, 6.07) is -0.0656. The van der Waals surface area contributed by atoms with Gasteiger partial charge >= 0.3 is 0 Å². The molecule has 1 aliphatic carbocycles. The normalized spacial score (nSPS) is 35.2. The molecule has 4 atom stereocenters. The molecule has 1 aromatic heterocycles. The molecule has 17 heavy (non-hydrogen) atoms. The Hall–Kier alpha value is -1.05. The third kappa shape index (κ3) is 1.65. The van der Waals surface area contributed by atoms with E-state index in [9.17, 15) is 4.79 Å². The first-order valence-corrected chi connectivity index (χ1v) is 6.43. The summed E-state index contributed by atoms with van der Waals surface area (Å²) in [5.41, 5.74) is 6.68. The van der Waals surface area contributed by atoms with Gasteiger partial charge in [-0.3, -0.25) is 4.79 Å². The van der Waals surface area contributed by atoms with E-state index in [2.05, 4.69) is 14.9 Å². The molecule has 2 fully saturated rings. The van der Waals surface area contributed by atoms with Crippen LogP contribution in [0.25, 0.3) is 0 Å². The fraction of sp³-hybridized carbons (Fsp3) is 0.700. The van der Waals surface area contributed by atoms with Gasteiger partial charge < -0.3 is 15.8 Å². The average Bonchev–Trinajstić information content (AvgIpc) is 2.91. The lowest BCUT2D eigenvalue weighted by atomic mass is 9.72. The number of nitrogens with two attached hydrogens (primary N) is 1. The largest absolute Gasteiger partial charge is 0.376 e. The van der Waals surface area contributed by atoms with Crippen molar-refractivity contribution in [2.75, 3.05) is 6.61 Å². The van der Waals surface area contributed by atoms with Gasteiger partial charge in [0.15, 0.2) is 0 Å². The summed E-state index contributed by atoms with van der Waals surface area (Å²) >= 11 is 1.11. The van der Waals surface area contributed by atoms with Gasteiger partial charge in [0.05, 0.1) is 17.8 Å². The van der Waals surface area contributed by atoms with E-state index in [1.807, 2.05) is 0 Å². The van der Waals surface area contributed by atoms with Gasteiger partial charge in [0, 0.05) is 18.6 Å². The second-order valence-corrected chi connectivity index (χ2v) is 5.31. The van der Waals surface area contributed by atoms with Crippen molar-refractivity contribution in [2.24, 2.45) is 11.7 Å². The van der Waals surface area contributed by atoms with E-state index in [1.165, 1.54) is 0 Å². The maximum absolute atomic E-state index is 12.0. The van der Waals surface area contributed by atoms with Crippen molar-refractivity contribution in [3.05, 3.63) is 10.6 Å². The number of hydrogen-bond acceptors (Lipinski definition) is 6. The summed E-state index contributed by atoms with van der Waals surface area (Å²) < 4.78 is 9.31. The number of carbonyl (C=O) groups is 1. The van der Waals surface area contributed by atoms with E-state index in [4.69, 9.17) is 10.5 Å². The number of carbonyl (C=O) groups excluding carboxylic acids is 1. The standard InChI is InChI=1S/C10H14N4O2S/c1-4-9(17-14-13-4)10(15)12-7-6(11)5-2-3-16-8(5)7/h5-8H,2-3,11H2,1H3,(H,12,15). The van der Waals surface area contributed by atoms with Crippen LogP contribution in [0, 0.1) is 12.8 Å². The average molecular weight is 254 g/mol. The number of aryl methyl sites for hydroxylation is 1. The van der Waals surface area contributed by atoms with Crippen molar-refractivity contribution in [1.82, 2.24) is 14.9 Å². The second kappa shape index (κ2) is 4.01. The molecule has 3 rings (SSSR count). The molecule has 6 nitrogen and oxygen atoms in total. The first-order chi connectivity index (χ1) is 8.18. The number of amides is 1. The molecule has 3 N–H and O–H groups in total. The molecule has 0 aromatic carbocycles. The van der Waals surface area contributed by atoms with Crippen LogP contribution >= 0.6 is 11.5 Å². The molecule has 2 aliphatic rings. The fourth-order valence-corrected chi connectivity index (χ4v) is 3.14. The highest BCUT2D eigenvalue weighted by molar-refractivity contribution is 7.08. The molecule has 92 valence electrons. The van der Waals surface area contributed by atoms with Crippen molar-refractivity contribution < 1.29 is 9.53 Å². The molecule has 1 aromatic rings. The van der Waals surface area contributed by atoms with Gasteiger partial charge in [-0.25, -0.2) is 0 Å². The minimum atomic E-state index is -0.146. The van der Waals surface area contributed by atoms with Crippen molar-refractivity contribution in [3.8, 4) is 0 Å². The molecule has 2 heterocycles. The number of rotatable bonds is 2. The van der Waals surface area contributed by atoms with Crippen LogP contribution < -0.4 is 11.1 Å². The molecule has 0 bridgehead atoms. The third-order valence-corrected chi connectivity index (χ3v) is 4.43. The van der Waals surface area contributed by atoms with Crippen molar-refractivity contribution in [3.63, 3.8) is 0 Å². The zero-order chi connectivity index (χ0) is 12.0. The van der Waals surface area contributed by atoms with Gasteiger partial charge in [-0.1, -0.05) is 4.49 Å². The summed E-state index contributed by atoms with van der Waals surface area (Å²) in [5.74, 6) is 0.257. The van der Waals surface area contributed by atoms with E-state index < -0.39 is 0 Å². The summed E-state index contributed by atoms with van der Waals surface area (Å²) in [6.07, 6.45) is 1.09. The van der Waals surface area contributed by atoms with Crippen LogP contribution in [0.5, 0.6) is 0 Å². The number of nitrogens with one attached hydrogen (secondary N) is 1. The van der Waals surface area contributed by atoms with E-state index in [1.54, 1.807) is 6.92 Å². The van der Waals surface area contributed by atoms with Crippen LogP contribution in [0.1, 0.15) is 21.8 Å². The minimum absolute atomic E-state index is 0.00707. The Labute approximate surface area is 103 Å². The van der Waals surface area contributed by atoms with Crippen LogP contribution in [0.4, 0.5) is 0 Å². The highest BCUT2D eigenvalue weighted by atomic mass is 32.1. The maximum atomic E-state index is 12.0. The Kier molecular flexibility index (Phi) is 2.61. The van der Waals surface area contributed by atoms with Gasteiger partial charge in [0.1, 0.15) is 4.88 Å². The van der Waals surface area contributed by atoms with Crippen LogP contribution in [0.2, 0.25) is 0 Å². The molecular weight excluding hydrogens is 240 g/mol. The highest BCUT2D eigenvalue weighted by Gasteiger charge is 2.52. The van der Waals surface area contributed by atoms with E-state index in [0.717, 1.165) is 24.6 Å². The van der Waals surface area contributed by atoms with Gasteiger partial charge in [-0.15, -0.1) is 5.10 Å². The lowest BCUT2D eigenvalue weighted by Gasteiger charge is -2.45. The van der Waals surface area contributed by atoms with Crippen LogP contribution in [-0.4, -0.2) is 40.3 Å². The third-order valence-electron chi connectivity index (χ3n) is 3.60. The zero-order valence-electron chi connectivity index (χ0n) is 9.42. The number of aromatic nitrogens is 2. The van der Waals surface area contributed by atoms with Crippen molar-refractivity contribution in [2.45, 2.75) is 31.5 Å². The monoisotopic (exact) mass is 254 g/mol. The molecule has 0 radical (unpaired) electrons. The SMILES string of the molecule is Cc1nnsc1C(=O)NC1C(N)C2CCOC21. The van der Waals surface area contributed by atoms with Crippen LogP contribution in [0.15, 0.2) is 0 Å². The predicted molar refractivity (Wildman–Crippen MR) is 61.7 cm³/mol.